The first kappa shape index (κ1) is 16.5. The van der Waals surface area contributed by atoms with Crippen molar-refractivity contribution in [2.45, 2.75) is 37.2 Å². The second-order valence-corrected chi connectivity index (χ2v) is 5.75. The highest BCUT2D eigenvalue weighted by Gasteiger charge is 2.37. The van der Waals surface area contributed by atoms with Crippen LogP contribution in [0, 0.1) is 0 Å². The third kappa shape index (κ3) is 5.21. The Morgan fingerprint density at radius 1 is 1.35 bits per heavy atom. The van der Waals surface area contributed by atoms with Gasteiger partial charge in [0.15, 0.2) is 4.45 Å². The number of aliphatic carboxylic acids is 1. The van der Waals surface area contributed by atoms with E-state index in [9.17, 15) is 14.7 Å². The Kier molecular flexibility index (Phi) is 6.51. The molecule has 0 aliphatic rings. The van der Waals surface area contributed by atoms with Crippen LogP contribution in [-0.2, 0) is 16.1 Å². The van der Waals surface area contributed by atoms with E-state index in [2.05, 4.69) is 21.2 Å². The molecule has 5 nitrogen and oxygen atoms in total. The summed E-state index contributed by atoms with van der Waals surface area (Å²) in [6.07, 6.45) is 1.04. The van der Waals surface area contributed by atoms with E-state index in [-0.39, 0.29) is 6.61 Å². The van der Waals surface area contributed by atoms with Crippen molar-refractivity contribution in [1.29, 1.82) is 0 Å². The number of carboxylic acids is 1. The number of nitrogens with one attached hydrogen (secondary N) is 1. The quantitative estimate of drug-likeness (QED) is 0.588. The number of hydrogen-bond donors (Lipinski definition) is 2. The van der Waals surface area contributed by atoms with Crippen molar-refractivity contribution in [1.82, 2.24) is 5.32 Å². The number of carbonyl (C=O) groups is 2. The third-order valence-corrected chi connectivity index (χ3v) is 3.66. The average molecular weight is 344 g/mol. The molecule has 0 spiro atoms. The Bertz CT molecular complexity index is 452. The first-order valence-corrected chi connectivity index (χ1v) is 7.18. The van der Waals surface area contributed by atoms with Gasteiger partial charge in [-0.2, -0.15) is 0 Å². The van der Waals surface area contributed by atoms with E-state index in [1.54, 1.807) is 0 Å². The SMILES string of the molecule is CCCCC(Br)(NC(=O)OCc1ccccc1)C(=O)O. The fourth-order valence-corrected chi connectivity index (χ4v) is 2.01. The van der Waals surface area contributed by atoms with Gasteiger partial charge in [-0.1, -0.05) is 43.7 Å². The van der Waals surface area contributed by atoms with Gasteiger partial charge in [-0.25, -0.2) is 9.59 Å². The van der Waals surface area contributed by atoms with Gasteiger partial charge in [0.2, 0.25) is 0 Å². The molecule has 20 heavy (non-hydrogen) atoms. The number of unbranched alkanes of at least 4 members (excludes halogenated alkanes) is 1. The summed E-state index contributed by atoms with van der Waals surface area (Å²) < 4.78 is 3.54. The summed E-state index contributed by atoms with van der Waals surface area (Å²) in [4.78, 5) is 22.9. The molecule has 1 aromatic carbocycles. The fourth-order valence-electron chi connectivity index (χ4n) is 1.56. The maximum atomic E-state index is 11.7. The monoisotopic (exact) mass is 343 g/mol. The Labute approximate surface area is 126 Å². The van der Waals surface area contributed by atoms with Gasteiger partial charge < -0.3 is 9.84 Å². The van der Waals surface area contributed by atoms with Crippen LogP contribution in [0.4, 0.5) is 4.79 Å². The molecule has 0 saturated heterocycles. The molecule has 1 rings (SSSR count). The lowest BCUT2D eigenvalue weighted by Gasteiger charge is -2.23. The molecule has 0 bridgehead atoms. The minimum atomic E-state index is -1.48. The van der Waals surface area contributed by atoms with Gasteiger partial charge in [0.1, 0.15) is 6.61 Å². The van der Waals surface area contributed by atoms with Crippen molar-refractivity contribution in [3.8, 4) is 0 Å². The van der Waals surface area contributed by atoms with Crippen molar-refractivity contribution in [2.24, 2.45) is 0 Å². The molecule has 0 aliphatic heterocycles. The van der Waals surface area contributed by atoms with E-state index >= 15 is 0 Å². The number of benzene rings is 1. The number of carbonyl (C=O) groups excluding carboxylic acids is 1. The van der Waals surface area contributed by atoms with Gasteiger partial charge in [0, 0.05) is 0 Å². The molecule has 110 valence electrons. The molecule has 0 saturated carbocycles. The van der Waals surface area contributed by atoms with Gasteiger partial charge in [-0.15, -0.1) is 0 Å². The van der Waals surface area contributed by atoms with Gasteiger partial charge >= 0.3 is 12.1 Å². The van der Waals surface area contributed by atoms with Crippen LogP contribution in [0.2, 0.25) is 0 Å². The minimum Gasteiger partial charge on any atom is -0.479 e. The zero-order valence-electron chi connectivity index (χ0n) is 11.3. The van der Waals surface area contributed by atoms with E-state index in [0.29, 0.717) is 12.8 Å². The van der Waals surface area contributed by atoms with Gasteiger partial charge in [0.05, 0.1) is 0 Å². The zero-order chi connectivity index (χ0) is 15.0. The maximum Gasteiger partial charge on any atom is 0.409 e. The second-order valence-electron chi connectivity index (χ2n) is 4.40. The van der Waals surface area contributed by atoms with Crippen molar-refractivity contribution in [3.05, 3.63) is 35.9 Å². The molecule has 6 heteroatoms. The van der Waals surface area contributed by atoms with Crippen LogP contribution in [0.1, 0.15) is 31.7 Å². The highest BCUT2D eigenvalue weighted by molar-refractivity contribution is 9.10. The smallest absolute Gasteiger partial charge is 0.409 e. The Morgan fingerprint density at radius 2 is 2.00 bits per heavy atom. The van der Waals surface area contributed by atoms with Gasteiger partial charge in [0.25, 0.3) is 0 Å². The number of ether oxygens (including phenoxy) is 1. The summed E-state index contributed by atoms with van der Waals surface area (Å²) in [5.41, 5.74) is 0.840. The van der Waals surface area contributed by atoms with Crippen LogP contribution >= 0.6 is 15.9 Å². The summed E-state index contributed by atoms with van der Waals surface area (Å²) in [7, 11) is 0. The zero-order valence-corrected chi connectivity index (χ0v) is 12.9. The fraction of sp³-hybridized carbons (Fsp3) is 0.429. The number of alkyl halides is 1. The summed E-state index contributed by atoms with van der Waals surface area (Å²) in [5, 5.41) is 11.5. The predicted octanol–water partition coefficient (Wildman–Crippen LogP) is 3.28. The molecule has 0 fully saturated rings. The lowest BCUT2D eigenvalue weighted by molar-refractivity contribution is -0.140. The molecule has 1 atom stereocenters. The van der Waals surface area contributed by atoms with Crippen LogP contribution in [0.3, 0.4) is 0 Å². The molecule has 1 unspecified atom stereocenters. The average Bonchev–Trinajstić information content (AvgIpc) is 2.44. The minimum absolute atomic E-state index is 0.100. The lowest BCUT2D eigenvalue weighted by Crippen LogP contribution is -2.49. The van der Waals surface area contributed by atoms with Crippen LogP contribution in [0.25, 0.3) is 0 Å². The predicted molar refractivity (Wildman–Crippen MR) is 78.6 cm³/mol. The summed E-state index contributed by atoms with van der Waals surface area (Å²) in [6.45, 7) is 2.05. The van der Waals surface area contributed by atoms with Gasteiger partial charge in [-0.05, 0) is 34.3 Å². The number of alkyl carbamates (subject to hydrolysis) is 1. The lowest BCUT2D eigenvalue weighted by atomic mass is 10.1. The first-order valence-electron chi connectivity index (χ1n) is 6.39. The third-order valence-electron chi connectivity index (χ3n) is 2.73. The van der Waals surface area contributed by atoms with E-state index in [1.165, 1.54) is 0 Å². The molecule has 0 aliphatic carbocycles. The van der Waals surface area contributed by atoms with Crippen LogP contribution in [0.15, 0.2) is 30.3 Å². The molecule has 1 aromatic rings. The largest absolute Gasteiger partial charge is 0.479 e. The van der Waals surface area contributed by atoms with Crippen LogP contribution in [-0.4, -0.2) is 21.6 Å². The van der Waals surface area contributed by atoms with E-state index < -0.39 is 16.5 Å². The van der Waals surface area contributed by atoms with Crippen molar-refractivity contribution < 1.29 is 19.4 Å². The molecule has 0 heterocycles. The van der Waals surface area contributed by atoms with Crippen LogP contribution < -0.4 is 5.32 Å². The van der Waals surface area contributed by atoms with E-state index in [4.69, 9.17) is 4.74 Å². The number of hydrogen-bond acceptors (Lipinski definition) is 3. The molecular formula is C14H18BrNO4. The normalized spacial score (nSPS) is 13.3. The summed E-state index contributed by atoms with van der Waals surface area (Å²) >= 11 is 3.07. The second kappa shape index (κ2) is 7.89. The first-order chi connectivity index (χ1) is 9.48. The van der Waals surface area contributed by atoms with E-state index in [0.717, 1.165) is 12.0 Å². The van der Waals surface area contributed by atoms with Crippen molar-refractivity contribution in [2.75, 3.05) is 0 Å². The molecule has 0 aromatic heterocycles. The summed E-state index contributed by atoms with van der Waals surface area (Å²) in [6, 6.07) is 9.18. The number of amides is 1. The highest BCUT2D eigenvalue weighted by Crippen LogP contribution is 2.22. The van der Waals surface area contributed by atoms with Crippen LogP contribution in [0.5, 0.6) is 0 Å². The van der Waals surface area contributed by atoms with Crippen molar-refractivity contribution in [3.63, 3.8) is 0 Å². The highest BCUT2D eigenvalue weighted by atomic mass is 79.9. The summed E-state index contributed by atoms with van der Waals surface area (Å²) in [5.74, 6) is -1.14. The molecule has 1 amide bonds. The molecule has 0 radical (unpaired) electrons. The molecule has 2 N–H and O–H groups in total. The van der Waals surface area contributed by atoms with Crippen molar-refractivity contribution >= 4 is 28.0 Å². The van der Waals surface area contributed by atoms with E-state index in [1.807, 2.05) is 37.3 Å². The standard InChI is InChI=1S/C14H18BrNO4/c1-2-3-9-14(15,12(17)18)16-13(19)20-10-11-7-5-4-6-8-11/h4-8H,2-3,9-10H2,1H3,(H,16,19)(H,17,18). The van der Waals surface area contributed by atoms with Gasteiger partial charge in [-0.3, -0.25) is 5.32 Å². The Morgan fingerprint density at radius 3 is 2.55 bits per heavy atom. The Hall–Kier alpha value is -1.56. The molecular weight excluding hydrogens is 326 g/mol. The Balaban J connectivity index is 2.52. The number of carboxylic acid groups (broad SMARTS) is 1. The number of halogens is 1. The number of rotatable bonds is 7. The topological polar surface area (TPSA) is 75.6 Å². The maximum absolute atomic E-state index is 11.7.